The highest BCUT2D eigenvalue weighted by atomic mass is 19.1. The van der Waals surface area contributed by atoms with E-state index in [9.17, 15) is 9.18 Å². The molecule has 0 amide bonds. The van der Waals surface area contributed by atoms with Crippen molar-refractivity contribution in [3.05, 3.63) is 11.5 Å². The summed E-state index contributed by atoms with van der Waals surface area (Å²) in [7, 11) is -0.349. The molecule has 1 aliphatic heterocycles. The lowest BCUT2D eigenvalue weighted by atomic mass is 9.70. The van der Waals surface area contributed by atoms with Gasteiger partial charge < -0.3 is 14.0 Å². The molecule has 2 aliphatic rings. The number of allylic oxidation sites excluding steroid dienone is 2. The second-order valence-corrected chi connectivity index (χ2v) is 6.41. The van der Waals surface area contributed by atoms with Gasteiger partial charge in [-0.15, -0.1) is 0 Å². The number of carbonyl (C=O) groups is 1. The van der Waals surface area contributed by atoms with Crippen molar-refractivity contribution in [2.75, 3.05) is 6.86 Å². The number of alkyl halides is 1. The Morgan fingerprint density at radius 3 is 2.45 bits per heavy atom. The van der Waals surface area contributed by atoms with Gasteiger partial charge in [0.25, 0.3) is 0 Å². The Balaban J connectivity index is 1.98. The van der Waals surface area contributed by atoms with Gasteiger partial charge in [-0.3, -0.25) is 4.79 Å². The van der Waals surface area contributed by atoms with E-state index >= 15 is 0 Å². The minimum atomic E-state index is -1.05. The molecule has 112 valence electrons. The van der Waals surface area contributed by atoms with Crippen molar-refractivity contribution in [1.29, 1.82) is 0 Å². The molecule has 6 heteroatoms. The van der Waals surface area contributed by atoms with Gasteiger partial charge in [0.05, 0.1) is 17.1 Å². The Labute approximate surface area is 119 Å². The van der Waals surface area contributed by atoms with Crippen LogP contribution in [-0.2, 0) is 18.8 Å². The van der Waals surface area contributed by atoms with Gasteiger partial charge in [-0.2, -0.15) is 0 Å². The molecular weight excluding hydrogens is 262 g/mol. The first-order chi connectivity index (χ1) is 9.27. The Hall–Kier alpha value is -0.875. The maximum absolute atomic E-state index is 12.0. The monoisotopic (exact) mass is 284 g/mol. The molecule has 1 fully saturated rings. The van der Waals surface area contributed by atoms with Crippen LogP contribution in [0.4, 0.5) is 4.39 Å². The smallest absolute Gasteiger partial charge is 0.433 e. The summed E-state index contributed by atoms with van der Waals surface area (Å²) in [5.74, 6) is -0.714. The van der Waals surface area contributed by atoms with Crippen molar-refractivity contribution >= 4 is 13.1 Å². The van der Waals surface area contributed by atoms with Gasteiger partial charge in [-0.05, 0) is 52.4 Å². The predicted molar refractivity (Wildman–Crippen MR) is 73.6 cm³/mol. The highest BCUT2D eigenvalue weighted by Crippen LogP contribution is 2.40. The largest absolute Gasteiger partial charge is 0.490 e. The van der Waals surface area contributed by atoms with Crippen LogP contribution in [0.2, 0.25) is 0 Å². The molecule has 1 aliphatic carbocycles. The fraction of sp³-hybridized carbons (Fsp3) is 0.786. The summed E-state index contributed by atoms with van der Waals surface area (Å²) in [6, 6.07) is 0. The lowest BCUT2D eigenvalue weighted by molar-refractivity contribution is -0.152. The average Bonchev–Trinajstić information content (AvgIpc) is 2.59. The molecule has 0 N–H and O–H groups in total. The molecule has 0 aromatic carbocycles. The summed E-state index contributed by atoms with van der Waals surface area (Å²) >= 11 is 0. The molecule has 0 bridgehead atoms. The van der Waals surface area contributed by atoms with E-state index in [1.165, 1.54) is 0 Å². The van der Waals surface area contributed by atoms with E-state index in [1.807, 2.05) is 33.8 Å². The van der Waals surface area contributed by atoms with Gasteiger partial charge in [0.2, 0.25) is 6.86 Å². The Morgan fingerprint density at radius 1 is 1.40 bits per heavy atom. The molecular formula is C14H22BFO4. The van der Waals surface area contributed by atoms with Crippen LogP contribution in [-0.4, -0.2) is 31.2 Å². The van der Waals surface area contributed by atoms with Crippen LogP contribution < -0.4 is 0 Å². The van der Waals surface area contributed by atoms with Crippen molar-refractivity contribution in [1.82, 2.24) is 0 Å². The molecule has 0 spiro atoms. The maximum Gasteiger partial charge on any atom is 0.490 e. The minimum Gasteiger partial charge on any atom is -0.433 e. The molecule has 2 rings (SSSR count). The zero-order chi connectivity index (χ0) is 15.0. The van der Waals surface area contributed by atoms with Crippen LogP contribution >= 0.6 is 0 Å². The second-order valence-electron chi connectivity index (χ2n) is 6.41. The molecule has 0 radical (unpaired) electrons. The number of carbonyl (C=O) groups excluding carboxylic acids is 1. The number of ether oxygens (including phenoxy) is 1. The zero-order valence-electron chi connectivity index (χ0n) is 12.6. The molecule has 1 heterocycles. The molecule has 0 unspecified atom stereocenters. The fourth-order valence-corrected chi connectivity index (χ4v) is 2.45. The molecule has 1 saturated heterocycles. The van der Waals surface area contributed by atoms with E-state index in [2.05, 4.69) is 4.74 Å². The lowest BCUT2D eigenvalue weighted by Gasteiger charge is -2.32. The van der Waals surface area contributed by atoms with Crippen molar-refractivity contribution < 1.29 is 23.2 Å². The van der Waals surface area contributed by atoms with E-state index in [0.29, 0.717) is 19.3 Å². The van der Waals surface area contributed by atoms with Crippen LogP contribution in [0.1, 0.15) is 47.0 Å². The number of esters is 1. The van der Waals surface area contributed by atoms with Crippen LogP contribution in [0.25, 0.3) is 0 Å². The zero-order valence-corrected chi connectivity index (χ0v) is 12.6. The summed E-state index contributed by atoms with van der Waals surface area (Å²) in [6.07, 6.45) is 3.88. The van der Waals surface area contributed by atoms with Crippen LogP contribution in [0.5, 0.6) is 0 Å². The van der Waals surface area contributed by atoms with Crippen molar-refractivity contribution in [3.8, 4) is 0 Å². The summed E-state index contributed by atoms with van der Waals surface area (Å²) < 4.78 is 28.4. The third-order valence-corrected chi connectivity index (χ3v) is 4.53. The number of halogens is 1. The number of hydrogen-bond donors (Lipinski definition) is 0. The van der Waals surface area contributed by atoms with E-state index in [1.54, 1.807) is 0 Å². The summed E-state index contributed by atoms with van der Waals surface area (Å²) in [4.78, 5) is 11.5. The molecule has 20 heavy (non-hydrogen) atoms. The summed E-state index contributed by atoms with van der Waals surface area (Å²) in [6.45, 7) is 6.99. The molecule has 1 atom stereocenters. The molecule has 0 aromatic heterocycles. The van der Waals surface area contributed by atoms with E-state index in [-0.39, 0.29) is 24.2 Å². The van der Waals surface area contributed by atoms with Gasteiger partial charge in [0, 0.05) is 0 Å². The number of rotatable bonds is 3. The minimum absolute atomic E-state index is 0.253. The Morgan fingerprint density at radius 2 is 2.00 bits per heavy atom. The molecule has 0 aromatic rings. The van der Waals surface area contributed by atoms with Gasteiger partial charge in [-0.25, -0.2) is 4.39 Å². The van der Waals surface area contributed by atoms with Gasteiger partial charge in [0.15, 0.2) is 0 Å². The first kappa shape index (κ1) is 15.5. The lowest BCUT2D eigenvalue weighted by Crippen LogP contribution is -2.41. The van der Waals surface area contributed by atoms with Crippen LogP contribution in [0.3, 0.4) is 0 Å². The normalized spacial score (nSPS) is 28.1. The predicted octanol–water partition coefficient (Wildman–Crippen LogP) is 2.81. The van der Waals surface area contributed by atoms with Gasteiger partial charge in [0.1, 0.15) is 0 Å². The van der Waals surface area contributed by atoms with Crippen LogP contribution in [0.15, 0.2) is 11.5 Å². The van der Waals surface area contributed by atoms with Crippen LogP contribution in [0, 0.1) is 5.92 Å². The first-order valence-electron chi connectivity index (χ1n) is 7.04. The van der Waals surface area contributed by atoms with E-state index in [4.69, 9.17) is 9.31 Å². The molecule has 0 saturated carbocycles. The highest BCUT2D eigenvalue weighted by Gasteiger charge is 2.52. The van der Waals surface area contributed by atoms with Gasteiger partial charge in [-0.1, -0.05) is 6.08 Å². The third kappa shape index (κ3) is 2.91. The van der Waals surface area contributed by atoms with E-state index in [0.717, 1.165) is 5.47 Å². The Kier molecular flexibility index (Phi) is 4.26. The number of hydrogen-bond acceptors (Lipinski definition) is 4. The third-order valence-electron chi connectivity index (χ3n) is 4.53. The highest BCUT2D eigenvalue weighted by molar-refractivity contribution is 6.54. The molecule has 4 nitrogen and oxygen atoms in total. The van der Waals surface area contributed by atoms with E-state index < -0.39 is 12.8 Å². The maximum atomic E-state index is 12.0. The second kappa shape index (κ2) is 5.49. The standard InChI is InChI=1S/C14H22BFO4/c1-13(2)14(3,4)20-15(19-13)11-7-5-10(6-8-11)12(17)18-9-16/h7,10H,5-6,8-9H2,1-4H3/t10-/m0/s1. The van der Waals surface area contributed by atoms with Crippen molar-refractivity contribution in [2.45, 2.75) is 58.2 Å². The van der Waals surface area contributed by atoms with Crippen molar-refractivity contribution in [2.24, 2.45) is 5.92 Å². The van der Waals surface area contributed by atoms with Crippen molar-refractivity contribution in [3.63, 3.8) is 0 Å². The fourth-order valence-electron chi connectivity index (χ4n) is 2.45. The summed E-state index contributed by atoms with van der Waals surface area (Å²) in [5, 5.41) is 0. The van der Waals surface area contributed by atoms with Gasteiger partial charge >= 0.3 is 13.1 Å². The Bertz CT molecular complexity index is 403. The quantitative estimate of drug-likeness (QED) is 0.590. The SMILES string of the molecule is CC1(C)OB(C2=CC[C@H](C(=O)OCF)CC2)OC1(C)C. The average molecular weight is 284 g/mol. The summed E-state index contributed by atoms with van der Waals surface area (Å²) in [5.41, 5.74) is 0.346. The topological polar surface area (TPSA) is 44.8 Å². The first-order valence-corrected chi connectivity index (χ1v) is 7.04.